The van der Waals surface area contributed by atoms with Gasteiger partial charge in [0.25, 0.3) is 0 Å². The molecule has 94 heavy (non-hydrogen) atoms. The summed E-state index contributed by atoms with van der Waals surface area (Å²) in [4.78, 5) is 0. The van der Waals surface area contributed by atoms with Crippen molar-refractivity contribution in [3.8, 4) is 23.0 Å². The number of hydrogen-bond donors (Lipinski definition) is 0. The van der Waals surface area contributed by atoms with Crippen molar-refractivity contribution in [3.05, 3.63) is 119 Å². The van der Waals surface area contributed by atoms with Crippen LogP contribution in [0.2, 0.25) is 0 Å². The third-order valence-corrected chi connectivity index (χ3v) is 20.5. The highest BCUT2D eigenvalue weighted by Crippen LogP contribution is 2.40. The summed E-state index contributed by atoms with van der Waals surface area (Å²) in [5.74, 6) is 6.20. The minimum absolute atomic E-state index is 0.588. The maximum atomic E-state index is 6.83. The lowest BCUT2D eigenvalue weighted by Crippen LogP contribution is -2.13. The van der Waals surface area contributed by atoms with Gasteiger partial charge >= 0.3 is 0 Å². The summed E-state index contributed by atoms with van der Waals surface area (Å²) in [7, 11) is 0. The van der Waals surface area contributed by atoms with Gasteiger partial charge in [0.1, 0.15) is 23.0 Å². The molecule has 4 aromatic carbocycles. The monoisotopic (exact) mass is 1290 g/mol. The first-order valence-electron chi connectivity index (χ1n) is 41.1. The molecule has 4 nitrogen and oxygen atoms in total. The lowest BCUT2D eigenvalue weighted by Gasteiger charge is -2.21. The zero-order valence-corrected chi connectivity index (χ0v) is 62.9. The molecule has 0 saturated carbocycles. The van der Waals surface area contributed by atoms with Gasteiger partial charge in [-0.1, -0.05) is 361 Å². The van der Waals surface area contributed by atoms with Crippen molar-refractivity contribution in [1.82, 2.24) is 0 Å². The second-order valence-electron chi connectivity index (χ2n) is 29.2. The molecule has 0 aliphatic rings. The predicted molar refractivity (Wildman–Crippen MR) is 414 cm³/mol. The van der Waals surface area contributed by atoms with Gasteiger partial charge in [-0.15, -0.1) is 0 Å². The molecule has 0 spiro atoms. The molecule has 4 heteroatoms. The van der Waals surface area contributed by atoms with Crippen LogP contribution in [-0.2, 0) is 0 Å². The van der Waals surface area contributed by atoms with E-state index in [1.54, 1.807) is 0 Å². The Morgan fingerprint density at radius 3 is 0.489 bits per heavy atom. The first-order chi connectivity index (χ1) is 46.4. The fourth-order valence-corrected chi connectivity index (χ4v) is 14.2. The van der Waals surface area contributed by atoms with Crippen LogP contribution < -0.4 is 18.9 Å². The van der Waals surface area contributed by atoms with Gasteiger partial charge < -0.3 is 18.9 Å². The maximum Gasteiger partial charge on any atom is 0.119 e. The molecule has 4 unspecified atom stereocenters. The molecule has 4 rings (SSSR count). The second-order valence-corrected chi connectivity index (χ2v) is 29.2. The first kappa shape index (κ1) is 82.2. The Morgan fingerprint density at radius 2 is 0.330 bits per heavy atom. The summed E-state index contributed by atoms with van der Waals surface area (Å²) >= 11 is 0. The summed E-state index contributed by atoms with van der Waals surface area (Å²) in [6.45, 7) is 21.7. The van der Waals surface area contributed by atoms with Gasteiger partial charge in [0.05, 0.1) is 26.4 Å². The molecule has 0 bridgehead atoms. The standard InChI is InChI=1S/C90H148O4/c1-9-17-25-33-37-45-53-77(49-41-29-21-13-5)73-91-85-65-57-81(58-66-85)89(82-59-67-86(68-60-82)92-74-78(50-42-30-22-14-6)54-46-38-34-26-18-10-2)90(83-61-69-87(70-62-83)93-75-79(51-43-31-23-15-7)55-47-39-35-27-19-11-3)84-63-71-88(72-64-84)94-76-80(52-44-32-24-16-8)56-48-40-36-28-20-12-4/h57-72,77-80H,9-56,73-76H2,1-8H3. The van der Waals surface area contributed by atoms with E-state index < -0.39 is 0 Å². The van der Waals surface area contributed by atoms with Gasteiger partial charge in [-0.25, -0.2) is 0 Å². The Labute approximate surface area is 582 Å². The molecule has 4 aromatic rings. The largest absolute Gasteiger partial charge is 0.493 e. The van der Waals surface area contributed by atoms with Crippen LogP contribution in [0.3, 0.4) is 0 Å². The van der Waals surface area contributed by atoms with Crippen LogP contribution in [-0.4, -0.2) is 26.4 Å². The van der Waals surface area contributed by atoms with Gasteiger partial charge in [-0.3, -0.25) is 0 Å². The van der Waals surface area contributed by atoms with Crippen LogP contribution >= 0.6 is 0 Å². The molecule has 4 atom stereocenters. The average Bonchev–Trinajstić information content (AvgIpc) is 0.840. The molecule has 0 aromatic heterocycles. The quantitative estimate of drug-likeness (QED) is 0.0326. The highest BCUT2D eigenvalue weighted by molar-refractivity contribution is 6.04. The molecule has 532 valence electrons. The third kappa shape index (κ3) is 38.1. The van der Waals surface area contributed by atoms with E-state index in [0.717, 1.165) is 49.4 Å². The number of benzene rings is 4. The Kier molecular flexibility index (Phi) is 49.7. The summed E-state index contributed by atoms with van der Waals surface area (Å²) in [5, 5.41) is 0. The van der Waals surface area contributed by atoms with E-state index in [1.807, 2.05) is 0 Å². The SMILES string of the molecule is CCCCCCCCC(CCCCCC)COc1ccc(C(=C(c2ccc(OCC(CCCCCC)CCCCCCCC)cc2)c2ccc(OCC(CCCCCC)CCCCCCCC)cc2)c2ccc(OCC(CCCCCC)CCCCCCCC)cc2)cc1. The van der Waals surface area contributed by atoms with E-state index >= 15 is 0 Å². The molecule has 0 aliphatic heterocycles. The predicted octanol–water partition coefficient (Wildman–Crippen LogP) is 29.6. The molecule has 0 radical (unpaired) electrons. The van der Waals surface area contributed by atoms with Gasteiger partial charge in [0.2, 0.25) is 0 Å². The van der Waals surface area contributed by atoms with Crippen LogP contribution in [0, 0.1) is 23.7 Å². The zero-order valence-electron chi connectivity index (χ0n) is 62.9. The number of hydrogen-bond acceptors (Lipinski definition) is 4. The first-order valence-corrected chi connectivity index (χ1v) is 41.1. The lowest BCUT2D eigenvalue weighted by atomic mass is 9.85. The lowest BCUT2D eigenvalue weighted by molar-refractivity contribution is 0.224. The third-order valence-electron chi connectivity index (χ3n) is 20.5. The van der Waals surface area contributed by atoms with Crippen molar-refractivity contribution in [1.29, 1.82) is 0 Å². The molecule has 0 N–H and O–H groups in total. The van der Waals surface area contributed by atoms with Crippen LogP contribution in [0.1, 0.15) is 386 Å². The Bertz CT molecular complexity index is 2000. The van der Waals surface area contributed by atoms with Crippen LogP contribution in [0.25, 0.3) is 11.1 Å². The van der Waals surface area contributed by atoms with Crippen LogP contribution in [0.15, 0.2) is 97.1 Å². The number of ether oxygens (including phenoxy) is 4. The summed E-state index contributed by atoms with van der Waals surface area (Å²) in [6, 6.07) is 36.6. The fourth-order valence-electron chi connectivity index (χ4n) is 14.2. The van der Waals surface area contributed by atoms with Gasteiger partial charge in [0, 0.05) is 0 Å². The van der Waals surface area contributed by atoms with Crippen molar-refractivity contribution in [3.63, 3.8) is 0 Å². The Hall–Kier alpha value is -4.18. The summed E-state index contributed by atoms with van der Waals surface area (Å²) < 4.78 is 27.3. The van der Waals surface area contributed by atoms with E-state index in [9.17, 15) is 0 Å². The summed E-state index contributed by atoms with van der Waals surface area (Å²) in [5.41, 5.74) is 7.09. The summed E-state index contributed by atoms with van der Waals surface area (Å²) in [6.07, 6.45) is 63.1. The van der Waals surface area contributed by atoms with E-state index in [-0.39, 0.29) is 0 Å². The normalized spacial score (nSPS) is 12.8. The molecule has 0 heterocycles. The molecule has 0 aliphatic carbocycles. The van der Waals surface area contributed by atoms with Crippen LogP contribution in [0.4, 0.5) is 0 Å². The van der Waals surface area contributed by atoms with Gasteiger partial charge in [-0.2, -0.15) is 0 Å². The minimum atomic E-state index is 0.588. The molecule has 0 amide bonds. The highest BCUT2D eigenvalue weighted by Gasteiger charge is 2.20. The molecular formula is C90H148O4. The van der Waals surface area contributed by atoms with Crippen molar-refractivity contribution < 1.29 is 18.9 Å². The van der Waals surface area contributed by atoms with E-state index in [0.29, 0.717) is 23.7 Å². The molecule has 0 fully saturated rings. The van der Waals surface area contributed by atoms with Crippen molar-refractivity contribution in [2.75, 3.05) is 26.4 Å². The van der Waals surface area contributed by atoms with E-state index in [4.69, 9.17) is 18.9 Å². The van der Waals surface area contributed by atoms with E-state index in [2.05, 4.69) is 152 Å². The van der Waals surface area contributed by atoms with Crippen molar-refractivity contribution in [2.24, 2.45) is 23.7 Å². The topological polar surface area (TPSA) is 36.9 Å². The van der Waals surface area contributed by atoms with Crippen molar-refractivity contribution in [2.45, 2.75) is 364 Å². The molecular weight excluding hydrogens is 1140 g/mol. The Morgan fingerprint density at radius 1 is 0.191 bits per heavy atom. The minimum Gasteiger partial charge on any atom is -0.493 e. The van der Waals surface area contributed by atoms with Gasteiger partial charge in [-0.05, 0) is 157 Å². The zero-order chi connectivity index (χ0) is 67.0. The smallest absolute Gasteiger partial charge is 0.119 e. The Balaban J connectivity index is 1.80. The number of rotatable bonds is 64. The van der Waals surface area contributed by atoms with Crippen LogP contribution in [0.5, 0.6) is 23.0 Å². The fraction of sp³-hybridized carbons (Fsp3) is 0.711. The van der Waals surface area contributed by atoms with Gasteiger partial charge in [0.15, 0.2) is 0 Å². The second kappa shape index (κ2) is 56.8. The molecule has 0 saturated heterocycles. The van der Waals surface area contributed by atoms with E-state index in [1.165, 1.54) is 342 Å². The average molecular weight is 1290 g/mol. The number of unbranched alkanes of at least 4 members (excludes halogenated alkanes) is 32. The maximum absolute atomic E-state index is 6.83. The highest BCUT2D eigenvalue weighted by atomic mass is 16.5. The van der Waals surface area contributed by atoms with Crippen molar-refractivity contribution >= 4 is 11.1 Å².